The smallest absolute Gasteiger partial charge is 0.193 e. The van der Waals surface area contributed by atoms with E-state index >= 15 is 0 Å². The zero-order chi connectivity index (χ0) is 21.7. The Bertz CT molecular complexity index is 839. The van der Waals surface area contributed by atoms with Gasteiger partial charge >= 0.3 is 0 Å². The molecule has 164 valence electrons. The topological polar surface area (TPSA) is 51.9 Å². The number of aliphatic imine (C=N–C) groups is 1. The predicted molar refractivity (Wildman–Crippen MR) is 119 cm³/mol. The van der Waals surface area contributed by atoms with Gasteiger partial charge in [0.25, 0.3) is 0 Å². The van der Waals surface area contributed by atoms with Crippen molar-refractivity contribution in [2.75, 3.05) is 53.9 Å². The second kappa shape index (κ2) is 10.2. The minimum absolute atomic E-state index is 0.194. The molecule has 1 N–H and O–H groups in total. The second-order valence-electron chi connectivity index (χ2n) is 7.82. The zero-order valence-corrected chi connectivity index (χ0v) is 18.9. The molecule has 0 spiro atoms. The molecule has 1 saturated heterocycles. The Hall–Kier alpha value is -2.16. The lowest BCUT2D eigenvalue weighted by atomic mass is 10.1. The number of nitrogens with one attached hydrogen (secondary N) is 1. The van der Waals surface area contributed by atoms with Crippen molar-refractivity contribution in [1.82, 2.24) is 29.8 Å². The summed E-state index contributed by atoms with van der Waals surface area (Å²) >= 11 is 6.18. The van der Waals surface area contributed by atoms with Gasteiger partial charge in [0.2, 0.25) is 0 Å². The summed E-state index contributed by atoms with van der Waals surface area (Å²) in [7, 11) is 7.86. The highest BCUT2D eigenvalue weighted by Gasteiger charge is 2.23. The lowest BCUT2D eigenvalue weighted by Crippen LogP contribution is -2.53. The lowest BCUT2D eigenvalue weighted by molar-refractivity contribution is 0.170. The molecule has 1 atom stereocenters. The van der Waals surface area contributed by atoms with Gasteiger partial charge in [0, 0.05) is 75.7 Å². The van der Waals surface area contributed by atoms with Crippen LogP contribution in [-0.4, -0.2) is 84.3 Å². The highest BCUT2D eigenvalue weighted by Crippen LogP contribution is 2.21. The van der Waals surface area contributed by atoms with E-state index in [0.717, 1.165) is 44.2 Å². The second-order valence-corrected chi connectivity index (χ2v) is 8.23. The Labute approximate surface area is 183 Å². The van der Waals surface area contributed by atoms with Gasteiger partial charge in [0.15, 0.2) is 5.96 Å². The summed E-state index contributed by atoms with van der Waals surface area (Å²) in [4.78, 5) is 11.1. The molecule has 0 saturated carbocycles. The Morgan fingerprint density at radius 2 is 2.03 bits per heavy atom. The zero-order valence-electron chi connectivity index (χ0n) is 18.1. The molecule has 3 rings (SSSR count). The van der Waals surface area contributed by atoms with Crippen molar-refractivity contribution in [2.45, 2.75) is 12.6 Å². The number of hydrogen-bond donors (Lipinski definition) is 1. The summed E-state index contributed by atoms with van der Waals surface area (Å²) in [6, 6.07) is 5.04. The molecule has 1 aliphatic rings. The van der Waals surface area contributed by atoms with Gasteiger partial charge in [-0.1, -0.05) is 17.7 Å². The summed E-state index contributed by atoms with van der Waals surface area (Å²) in [5.74, 6) is 0.641. The molecular formula is C21H31ClFN7. The maximum Gasteiger partial charge on any atom is 0.193 e. The number of rotatable bonds is 6. The number of likely N-dealkylation sites (N-methyl/N-ethyl adjacent to an activating group) is 1. The fraction of sp³-hybridized carbons (Fsp3) is 0.524. The van der Waals surface area contributed by atoms with Crippen molar-refractivity contribution >= 4 is 17.6 Å². The van der Waals surface area contributed by atoms with Crippen LogP contribution < -0.4 is 5.32 Å². The van der Waals surface area contributed by atoms with E-state index in [4.69, 9.17) is 11.6 Å². The van der Waals surface area contributed by atoms with Gasteiger partial charge < -0.3 is 15.1 Å². The summed E-state index contributed by atoms with van der Waals surface area (Å²) in [5.41, 5.74) is 1.73. The molecule has 0 aliphatic carbocycles. The van der Waals surface area contributed by atoms with E-state index < -0.39 is 0 Å². The van der Waals surface area contributed by atoms with Gasteiger partial charge in [0.1, 0.15) is 5.82 Å². The van der Waals surface area contributed by atoms with E-state index in [1.165, 1.54) is 6.07 Å². The van der Waals surface area contributed by atoms with Crippen molar-refractivity contribution in [3.8, 4) is 0 Å². The molecule has 0 amide bonds. The minimum atomic E-state index is -0.243. The van der Waals surface area contributed by atoms with E-state index in [-0.39, 0.29) is 11.9 Å². The highest BCUT2D eigenvalue weighted by molar-refractivity contribution is 6.31. The van der Waals surface area contributed by atoms with Crippen LogP contribution in [0.3, 0.4) is 0 Å². The van der Waals surface area contributed by atoms with Crippen LogP contribution >= 0.6 is 11.6 Å². The molecule has 0 radical (unpaired) electrons. The molecule has 9 heteroatoms. The third-order valence-electron chi connectivity index (χ3n) is 5.51. The van der Waals surface area contributed by atoms with E-state index in [0.29, 0.717) is 17.1 Å². The fourth-order valence-electron chi connectivity index (χ4n) is 3.76. The van der Waals surface area contributed by atoms with E-state index in [1.807, 2.05) is 31.2 Å². The van der Waals surface area contributed by atoms with Crippen LogP contribution in [0.5, 0.6) is 0 Å². The number of benzene rings is 1. The van der Waals surface area contributed by atoms with E-state index in [9.17, 15) is 4.39 Å². The van der Waals surface area contributed by atoms with E-state index in [1.54, 1.807) is 12.1 Å². The van der Waals surface area contributed by atoms with Crippen LogP contribution in [0, 0.1) is 5.82 Å². The summed E-state index contributed by atoms with van der Waals surface area (Å²) in [6.07, 6.45) is 3.95. The molecular weight excluding hydrogens is 405 g/mol. The molecule has 30 heavy (non-hydrogen) atoms. The highest BCUT2D eigenvalue weighted by atomic mass is 35.5. The maximum absolute atomic E-state index is 14.1. The number of aryl methyl sites for hydroxylation is 1. The van der Waals surface area contributed by atoms with Crippen LogP contribution in [0.15, 0.2) is 35.6 Å². The van der Waals surface area contributed by atoms with Crippen molar-refractivity contribution in [3.05, 3.63) is 52.6 Å². The van der Waals surface area contributed by atoms with Crippen LogP contribution in [0.25, 0.3) is 0 Å². The van der Waals surface area contributed by atoms with Crippen molar-refractivity contribution < 1.29 is 4.39 Å². The van der Waals surface area contributed by atoms with E-state index in [2.05, 4.69) is 44.2 Å². The monoisotopic (exact) mass is 435 g/mol. The number of hydrogen-bond acceptors (Lipinski definition) is 4. The first-order valence-corrected chi connectivity index (χ1v) is 10.5. The number of guanidine groups is 1. The summed E-state index contributed by atoms with van der Waals surface area (Å²) < 4.78 is 15.9. The standard InChI is InChI=1S/C21H31ClFN7/c1-24-21(25-13-20(27(2)3)16-12-26-28(4)14-16)30-10-8-29(9-11-30)15-17-18(22)6-5-7-19(17)23/h5-7,12,14,20H,8-11,13,15H2,1-4H3,(H,24,25). The third kappa shape index (κ3) is 5.50. The average molecular weight is 436 g/mol. The molecule has 1 fully saturated rings. The molecule has 2 heterocycles. The lowest BCUT2D eigenvalue weighted by Gasteiger charge is -2.37. The Balaban J connectivity index is 1.54. The maximum atomic E-state index is 14.1. The van der Waals surface area contributed by atoms with Gasteiger partial charge in [-0.05, 0) is 26.2 Å². The van der Waals surface area contributed by atoms with Crippen LogP contribution in [-0.2, 0) is 13.6 Å². The quantitative estimate of drug-likeness (QED) is 0.557. The van der Waals surface area contributed by atoms with Gasteiger partial charge in [-0.15, -0.1) is 0 Å². The normalized spacial score (nSPS) is 16.9. The SMILES string of the molecule is CN=C(NCC(c1cnn(C)c1)N(C)C)N1CCN(Cc2c(F)cccc2Cl)CC1. The van der Waals surface area contributed by atoms with Gasteiger partial charge in [-0.2, -0.15) is 5.10 Å². The molecule has 2 aromatic rings. The summed E-state index contributed by atoms with van der Waals surface area (Å²) in [6.45, 7) is 4.55. The molecule has 1 aliphatic heterocycles. The van der Waals surface area contributed by atoms with Crippen molar-refractivity contribution in [2.24, 2.45) is 12.0 Å². The number of aromatic nitrogens is 2. The van der Waals surface area contributed by atoms with Gasteiger partial charge in [0.05, 0.1) is 12.2 Å². The van der Waals surface area contributed by atoms with Gasteiger partial charge in [-0.25, -0.2) is 4.39 Å². The first kappa shape index (κ1) is 22.5. The Morgan fingerprint density at radius 1 is 1.30 bits per heavy atom. The molecule has 1 aromatic heterocycles. The molecule has 1 aromatic carbocycles. The minimum Gasteiger partial charge on any atom is -0.354 e. The molecule has 7 nitrogen and oxygen atoms in total. The van der Waals surface area contributed by atoms with Crippen LogP contribution in [0.2, 0.25) is 5.02 Å². The molecule has 1 unspecified atom stereocenters. The largest absolute Gasteiger partial charge is 0.354 e. The van der Waals surface area contributed by atoms with Crippen molar-refractivity contribution in [1.29, 1.82) is 0 Å². The molecule has 0 bridgehead atoms. The first-order chi connectivity index (χ1) is 14.4. The Morgan fingerprint density at radius 3 is 2.60 bits per heavy atom. The average Bonchev–Trinajstić information content (AvgIpc) is 3.14. The number of halogens is 2. The third-order valence-corrected chi connectivity index (χ3v) is 5.87. The van der Waals surface area contributed by atoms with Crippen LogP contribution in [0.1, 0.15) is 17.2 Å². The van der Waals surface area contributed by atoms with Crippen LogP contribution in [0.4, 0.5) is 4.39 Å². The first-order valence-electron chi connectivity index (χ1n) is 10.1. The number of nitrogens with zero attached hydrogens (tertiary/aromatic N) is 6. The Kier molecular flexibility index (Phi) is 7.69. The predicted octanol–water partition coefficient (Wildman–Crippen LogP) is 2.21. The van der Waals surface area contributed by atoms with Crippen molar-refractivity contribution in [3.63, 3.8) is 0 Å². The summed E-state index contributed by atoms with van der Waals surface area (Å²) in [5, 5.41) is 8.29. The van der Waals surface area contributed by atoms with Gasteiger partial charge in [-0.3, -0.25) is 14.6 Å². The number of piperazine rings is 1. The fourth-order valence-corrected chi connectivity index (χ4v) is 3.98.